The summed E-state index contributed by atoms with van der Waals surface area (Å²) in [5, 5.41) is 0. The molecule has 0 radical (unpaired) electrons. The van der Waals surface area contributed by atoms with Gasteiger partial charge < -0.3 is 4.84 Å². The molecule has 0 aromatic carbocycles. The van der Waals surface area contributed by atoms with Gasteiger partial charge in [0, 0.05) is 15.7 Å². The Labute approximate surface area is 89.0 Å². The van der Waals surface area contributed by atoms with Crippen LogP contribution in [0.2, 0.25) is 0 Å². The van der Waals surface area contributed by atoms with Crippen molar-refractivity contribution in [1.29, 1.82) is 0 Å². The first-order valence-corrected chi connectivity index (χ1v) is 6.06. The summed E-state index contributed by atoms with van der Waals surface area (Å²) in [6, 6.07) is 2.35. The number of thiophene rings is 1. The molecule has 1 aliphatic carbocycles. The van der Waals surface area contributed by atoms with Crippen LogP contribution in [-0.4, -0.2) is 6.61 Å². The molecule has 3 heteroatoms. The number of hydrogen-bond donors (Lipinski definition) is 1. The van der Waals surface area contributed by atoms with E-state index in [0.29, 0.717) is 12.5 Å². The number of rotatable bonds is 3. The molecule has 1 unspecified atom stereocenters. The van der Waals surface area contributed by atoms with Gasteiger partial charge in [-0.05, 0) is 37.3 Å². The van der Waals surface area contributed by atoms with Crippen LogP contribution < -0.4 is 5.90 Å². The fourth-order valence-corrected chi connectivity index (χ4v) is 3.28. The van der Waals surface area contributed by atoms with E-state index in [-0.39, 0.29) is 0 Å². The molecule has 78 valence electrons. The molecule has 1 aromatic rings. The number of aryl methyl sites for hydroxylation is 2. The van der Waals surface area contributed by atoms with E-state index in [2.05, 4.69) is 13.0 Å². The summed E-state index contributed by atoms with van der Waals surface area (Å²) in [4.78, 5) is 7.72. The third kappa shape index (κ3) is 2.00. The molecule has 2 nitrogen and oxygen atoms in total. The van der Waals surface area contributed by atoms with Gasteiger partial charge >= 0.3 is 0 Å². The molecule has 0 bridgehead atoms. The molecule has 0 saturated heterocycles. The van der Waals surface area contributed by atoms with E-state index >= 15 is 0 Å². The van der Waals surface area contributed by atoms with Crippen molar-refractivity contribution >= 4 is 11.3 Å². The van der Waals surface area contributed by atoms with Gasteiger partial charge in [-0.15, -0.1) is 11.3 Å². The Bertz CT molecular complexity index is 285. The third-order valence-corrected chi connectivity index (χ3v) is 4.32. The van der Waals surface area contributed by atoms with Crippen molar-refractivity contribution in [1.82, 2.24) is 0 Å². The van der Waals surface area contributed by atoms with Gasteiger partial charge in [0.15, 0.2) is 0 Å². The topological polar surface area (TPSA) is 35.2 Å². The smallest absolute Gasteiger partial charge is 0.0753 e. The monoisotopic (exact) mass is 211 g/mol. The molecule has 0 fully saturated rings. The first-order valence-electron chi connectivity index (χ1n) is 5.24. The third-order valence-electron chi connectivity index (χ3n) is 2.85. The van der Waals surface area contributed by atoms with E-state index in [1.54, 1.807) is 10.4 Å². The summed E-state index contributed by atoms with van der Waals surface area (Å²) in [7, 11) is 0. The first kappa shape index (κ1) is 10.1. The van der Waals surface area contributed by atoms with Crippen molar-refractivity contribution < 1.29 is 4.84 Å². The lowest BCUT2D eigenvalue weighted by molar-refractivity contribution is 0.127. The summed E-state index contributed by atoms with van der Waals surface area (Å²) in [5.41, 5.74) is 1.57. The molecule has 1 heterocycles. The standard InChI is InChI=1S/C11H17NOS/c1-8(7-13-12)11-6-9-4-2-3-5-10(9)14-11/h6,8H,2-5,7,12H2,1H3. The maximum atomic E-state index is 5.09. The van der Waals surface area contributed by atoms with Crippen molar-refractivity contribution in [2.45, 2.75) is 38.5 Å². The highest BCUT2D eigenvalue weighted by atomic mass is 32.1. The summed E-state index contributed by atoms with van der Waals surface area (Å²) < 4.78 is 0. The molecule has 2 rings (SSSR count). The summed E-state index contributed by atoms with van der Waals surface area (Å²) >= 11 is 1.95. The van der Waals surface area contributed by atoms with Crippen molar-refractivity contribution in [2.24, 2.45) is 5.90 Å². The Morgan fingerprint density at radius 3 is 3.00 bits per heavy atom. The Kier molecular flexibility index (Phi) is 3.21. The van der Waals surface area contributed by atoms with Gasteiger partial charge in [-0.1, -0.05) is 6.92 Å². The zero-order valence-electron chi connectivity index (χ0n) is 8.58. The van der Waals surface area contributed by atoms with Crippen LogP contribution in [0.25, 0.3) is 0 Å². The van der Waals surface area contributed by atoms with Crippen LogP contribution in [0.4, 0.5) is 0 Å². The Morgan fingerprint density at radius 2 is 2.29 bits per heavy atom. The lowest BCUT2D eigenvalue weighted by Gasteiger charge is -2.08. The normalized spacial score (nSPS) is 17.9. The Hall–Kier alpha value is -0.380. The van der Waals surface area contributed by atoms with E-state index in [0.717, 1.165) is 0 Å². The van der Waals surface area contributed by atoms with E-state index in [4.69, 9.17) is 10.7 Å². The highest BCUT2D eigenvalue weighted by Crippen LogP contribution is 2.33. The minimum absolute atomic E-state index is 0.440. The predicted molar refractivity (Wildman–Crippen MR) is 59.5 cm³/mol. The van der Waals surface area contributed by atoms with Crippen LogP contribution >= 0.6 is 11.3 Å². The van der Waals surface area contributed by atoms with Crippen LogP contribution in [0.1, 0.15) is 41.0 Å². The molecular formula is C11H17NOS. The van der Waals surface area contributed by atoms with Crippen LogP contribution in [0, 0.1) is 0 Å². The molecule has 2 N–H and O–H groups in total. The largest absolute Gasteiger partial charge is 0.304 e. The minimum Gasteiger partial charge on any atom is -0.304 e. The summed E-state index contributed by atoms with van der Waals surface area (Å²) in [5.74, 6) is 5.53. The average Bonchev–Trinajstić information content (AvgIpc) is 2.61. The molecule has 0 aliphatic heterocycles. The van der Waals surface area contributed by atoms with Gasteiger partial charge in [-0.3, -0.25) is 0 Å². The lowest BCUT2D eigenvalue weighted by Crippen LogP contribution is -2.07. The number of fused-ring (bicyclic) bond motifs is 1. The van der Waals surface area contributed by atoms with Crippen LogP contribution in [0.3, 0.4) is 0 Å². The minimum atomic E-state index is 0.440. The highest BCUT2D eigenvalue weighted by molar-refractivity contribution is 7.12. The van der Waals surface area contributed by atoms with E-state index in [9.17, 15) is 0 Å². The number of nitrogens with two attached hydrogens (primary N) is 1. The summed E-state index contributed by atoms with van der Waals surface area (Å²) in [6.45, 7) is 2.80. The van der Waals surface area contributed by atoms with Gasteiger partial charge in [0.25, 0.3) is 0 Å². The Morgan fingerprint density at radius 1 is 1.50 bits per heavy atom. The molecule has 0 amide bonds. The second-order valence-corrected chi connectivity index (χ2v) is 5.21. The highest BCUT2D eigenvalue weighted by Gasteiger charge is 2.16. The van der Waals surface area contributed by atoms with Crippen molar-refractivity contribution in [3.63, 3.8) is 0 Å². The molecular weight excluding hydrogens is 194 g/mol. The lowest BCUT2D eigenvalue weighted by atomic mass is 9.98. The van der Waals surface area contributed by atoms with Gasteiger partial charge in [0.1, 0.15) is 0 Å². The predicted octanol–water partition coefficient (Wildman–Crippen LogP) is 2.62. The van der Waals surface area contributed by atoms with Crippen molar-refractivity contribution in [2.75, 3.05) is 6.61 Å². The maximum Gasteiger partial charge on any atom is 0.0753 e. The fraction of sp³-hybridized carbons (Fsp3) is 0.636. The SMILES string of the molecule is CC(CON)c1cc2c(s1)CCCC2. The van der Waals surface area contributed by atoms with Gasteiger partial charge in [0.05, 0.1) is 6.61 Å². The fourth-order valence-electron chi connectivity index (χ4n) is 1.98. The van der Waals surface area contributed by atoms with Gasteiger partial charge in [-0.2, -0.15) is 0 Å². The van der Waals surface area contributed by atoms with Crippen LogP contribution in [0.15, 0.2) is 6.07 Å². The average molecular weight is 211 g/mol. The zero-order valence-corrected chi connectivity index (χ0v) is 9.40. The van der Waals surface area contributed by atoms with Gasteiger partial charge in [-0.25, -0.2) is 5.90 Å². The van der Waals surface area contributed by atoms with Crippen molar-refractivity contribution in [3.05, 3.63) is 21.4 Å². The second kappa shape index (κ2) is 4.43. The van der Waals surface area contributed by atoms with E-state index in [1.165, 1.54) is 30.6 Å². The number of hydrogen-bond acceptors (Lipinski definition) is 3. The van der Waals surface area contributed by atoms with Gasteiger partial charge in [0.2, 0.25) is 0 Å². The Balaban J connectivity index is 2.15. The molecule has 14 heavy (non-hydrogen) atoms. The summed E-state index contributed by atoms with van der Waals surface area (Å²) in [6.07, 6.45) is 5.25. The zero-order chi connectivity index (χ0) is 9.97. The van der Waals surface area contributed by atoms with E-state index in [1.807, 2.05) is 11.3 Å². The van der Waals surface area contributed by atoms with Crippen LogP contribution in [-0.2, 0) is 17.7 Å². The molecule has 0 spiro atoms. The maximum absolute atomic E-state index is 5.09. The first-order chi connectivity index (χ1) is 6.81. The molecule has 1 atom stereocenters. The molecule has 1 aliphatic rings. The van der Waals surface area contributed by atoms with Crippen LogP contribution in [0.5, 0.6) is 0 Å². The second-order valence-electron chi connectivity index (χ2n) is 4.04. The quantitative estimate of drug-likeness (QED) is 0.780. The molecule has 1 aromatic heterocycles. The van der Waals surface area contributed by atoms with E-state index < -0.39 is 0 Å². The van der Waals surface area contributed by atoms with Crippen molar-refractivity contribution in [3.8, 4) is 0 Å². The molecule has 0 saturated carbocycles.